The zero-order valence-corrected chi connectivity index (χ0v) is 5.75. The molecule has 0 unspecified atom stereocenters. The molecule has 0 fully saturated rings. The predicted octanol–water partition coefficient (Wildman–Crippen LogP) is 0.0487. The van der Waals surface area contributed by atoms with Crippen LogP contribution >= 0.6 is 0 Å². The number of nitrogens with two attached hydrogens (primary N) is 1. The standard InChI is InChI=1S/C6H13N3/c1-8-4-6-9(2)5-3-7/h4,6H,1,3,5,7H2,2H3/b6-4-. The van der Waals surface area contributed by atoms with Crippen LogP contribution < -0.4 is 5.73 Å². The van der Waals surface area contributed by atoms with Crippen LogP contribution in [0.1, 0.15) is 0 Å². The molecule has 0 atom stereocenters. The molecule has 0 amide bonds. The number of rotatable bonds is 4. The summed E-state index contributed by atoms with van der Waals surface area (Å²) in [6.45, 7) is 4.82. The first kappa shape index (κ1) is 8.17. The van der Waals surface area contributed by atoms with E-state index < -0.39 is 0 Å². The lowest BCUT2D eigenvalue weighted by Crippen LogP contribution is -2.19. The van der Waals surface area contributed by atoms with Crippen molar-refractivity contribution >= 4 is 6.72 Å². The van der Waals surface area contributed by atoms with Crippen molar-refractivity contribution in [2.75, 3.05) is 20.1 Å². The van der Waals surface area contributed by atoms with Gasteiger partial charge in [0.1, 0.15) is 0 Å². The van der Waals surface area contributed by atoms with Crippen LogP contribution in [0.25, 0.3) is 0 Å². The molecular weight excluding hydrogens is 114 g/mol. The molecule has 0 spiro atoms. The molecule has 0 aliphatic rings. The lowest BCUT2D eigenvalue weighted by Gasteiger charge is -2.09. The third-order valence-corrected chi connectivity index (χ3v) is 0.908. The highest BCUT2D eigenvalue weighted by Crippen LogP contribution is 1.81. The molecule has 2 N–H and O–H groups in total. The molecule has 3 heteroatoms. The van der Waals surface area contributed by atoms with Gasteiger partial charge < -0.3 is 10.6 Å². The van der Waals surface area contributed by atoms with E-state index in [-0.39, 0.29) is 0 Å². The minimum absolute atomic E-state index is 0.665. The average molecular weight is 127 g/mol. The van der Waals surface area contributed by atoms with Crippen molar-refractivity contribution in [1.29, 1.82) is 0 Å². The molecule has 0 saturated heterocycles. The molecule has 0 aromatic rings. The van der Waals surface area contributed by atoms with E-state index in [2.05, 4.69) is 11.7 Å². The van der Waals surface area contributed by atoms with Gasteiger partial charge in [0.05, 0.1) is 0 Å². The van der Waals surface area contributed by atoms with E-state index in [1.54, 1.807) is 6.20 Å². The van der Waals surface area contributed by atoms with Crippen molar-refractivity contribution in [1.82, 2.24) is 4.90 Å². The Bertz CT molecular complexity index is 98.5. The largest absolute Gasteiger partial charge is 0.378 e. The molecule has 0 aromatic heterocycles. The van der Waals surface area contributed by atoms with Crippen LogP contribution in [0.3, 0.4) is 0 Å². The lowest BCUT2D eigenvalue weighted by molar-refractivity contribution is 0.467. The van der Waals surface area contributed by atoms with Gasteiger partial charge >= 0.3 is 0 Å². The fourth-order valence-electron chi connectivity index (χ4n) is 0.439. The Morgan fingerprint density at radius 2 is 2.44 bits per heavy atom. The van der Waals surface area contributed by atoms with Gasteiger partial charge in [-0.05, 0) is 6.72 Å². The number of aliphatic imine (C=N–C) groups is 1. The molecule has 0 aromatic carbocycles. The Labute approximate surface area is 55.9 Å². The van der Waals surface area contributed by atoms with Gasteiger partial charge in [-0.25, -0.2) is 0 Å². The SMILES string of the molecule is C=N/C=C\N(C)CCN. The van der Waals surface area contributed by atoms with Crippen molar-refractivity contribution in [3.63, 3.8) is 0 Å². The van der Waals surface area contributed by atoms with Crippen LogP contribution in [0, 0.1) is 0 Å². The summed E-state index contributed by atoms with van der Waals surface area (Å²) in [6.07, 6.45) is 3.47. The topological polar surface area (TPSA) is 41.6 Å². The third-order valence-electron chi connectivity index (χ3n) is 0.908. The van der Waals surface area contributed by atoms with Crippen LogP contribution in [0.5, 0.6) is 0 Å². The summed E-state index contributed by atoms with van der Waals surface area (Å²) in [5.41, 5.74) is 5.28. The van der Waals surface area contributed by atoms with Gasteiger partial charge in [0.25, 0.3) is 0 Å². The molecule has 0 radical (unpaired) electrons. The Morgan fingerprint density at radius 3 is 2.89 bits per heavy atom. The second-order valence-electron chi connectivity index (χ2n) is 1.75. The van der Waals surface area contributed by atoms with E-state index >= 15 is 0 Å². The fourth-order valence-corrected chi connectivity index (χ4v) is 0.439. The van der Waals surface area contributed by atoms with Crippen molar-refractivity contribution < 1.29 is 0 Å². The van der Waals surface area contributed by atoms with Crippen LogP contribution in [-0.4, -0.2) is 31.8 Å². The van der Waals surface area contributed by atoms with Gasteiger partial charge in [0.15, 0.2) is 0 Å². The summed E-state index contributed by atoms with van der Waals surface area (Å²) in [7, 11) is 1.94. The molecular formula is C6H13N3. The summed E-state index contributed by atoms with van der Waals surface area (Å²) < 4.78 is 0. The Hall–Kier alpha value is -0.830. The molecule has 0 saturated carbocycles. The Morgan fingerprint density at radius 1 is 1.78 bits per heavy atom. The maximum absolute atomic E-state index is 5.28. The fraction of sp³-hybridized carbons (Fsp3) is 0.500. The van der Waals surface area contributed by atoms with E-state index in [1.807, 2.05) is 18.1 Å². The number of hydrogen-bond acceptors (Lipinski definition) is 3. The third kappa shape index (κ3) is 5.03. The predicted molar refractivity (Wildman–Crippen MR) is 40.4 cm³/mol. The van der Waals surface area contributed by atoms with E-state index in [0.29, 0.717) is 6.54 Å². The zero-order valence-electron chi connectivity index (χ0n) is 5.75. The lowest BCUT2D eigenvalue weighted by atomic mass is 10.6. The second-order valence-corrected chi connectivity index (χ2v) is 1.75. The number of nitrogens with zero attached hydrogens (tertiary/aromatic N) is 2. The van der Waals surface area contributed by atoms with Gasteiger partial charge in [-0.15, -0.1) is 0 Å². The first-order valence-corrected chi connectivity index (χ1v) is 2.84. The molecule has 3 nitrogen and oxygen atoms in total. The average Bonchev–Trinajstić information content (AvgIpc) is 1.85. The maximum Gasteiger partial charge on any atom is 0.0419 e. The molecule has 0 bridgehead atoms. The van der Waals surface area contributed by atoms with E-state index in [1.165, 1.54) is 0 Å². The van der Waals surface area contributed by atoms with Gasteiger partial charge in [-0.2, -0.15) is 0 Å². The van der Waals surface area contributed by atoms with Gasteiger partial charge in [0, 0.05) is 32.5 Å². The van der Waals surface area contributed by atoms with Gasteiger partial charge in [-0.1, -0.05) is 0 Å². The summed E-state index contributed by atoms with van der Waals surface area (Å²) in [6, 6.07) is 0. The van der Waals surface area contributed by atoms with Crippen LogP contribution in [0.4, 0.5) is 0 Å². The molecule has 0 aliphatic heterocycles. The highest BCUT2D eigenvalue weighted by molar-refractivity contribution is 5.25. The molecule has 0 heterocycles. The smallest absolute Gasteiger partial charge is 0.0419 e. The molecule has 52 valence electrons. The van der Waals surface area contributed by atoms with Crippen LogP contribution in [0.15, 0.2) is 17.4 Å². The first-order valence-electron chi connectivity index (χ1n) is 2.84. The molecule has 0 rings (SSSR count). The van der Waals surface area contributed by atoms with Gasteiger partial charge in [0.2, 0.25) is 0 Å². The van der Waals surface area contributed by atoms with E-state index in [0.717, 1.165) is 6.54 Å². The summed E-state index contributed by atoms with van der Waals surface area (Å²) in [5, 5.41) is 0. The molecule has 0 aliphatic carbocycles. The molecule has 9 heavy (non-hydrogen) atoms. The normalized spacial score (nSPS) is 10.0. The van der Waals surface area contributed by atoms with Crippen LogP contribution in [0.2, 0.25) is 0 Å². The van der Waals surface area contributed by atoms with Crippen molar-refractivity contribution in [2.45, 2.75) is 0 Å². The second kappa shape index (κ2) is 5.31. The summed E-state index contributed by atoms with van der Waals surface area (Å²) in [4.78, 5) is 5.50. The Balaban J connectivity index is 3.35. The van der Waals surface area contributed by atoms with E-state index in [4.69, 9.17) is 5.73 Å². The summed E-state index contributed by atoms with van der Waals surface area (Å²) in [5.74, 6) is 0. The maximum atomic E-state index is 5.28. The number of hydrogen-bond donors (Lipinski definition) is 1. The summed E-state index contributed by atoms with van der Waals surface area (Å²) >= 11 is 0. The minimum atomic E-state index is 0.665. The van der Waals surface area contributed by atoms with Crippen molar-refractivity contribution in [3.05, 3.63) is 12.4 Å². The zero-order chi connectivity index (χ0) is 7.11. The first-order chi connectivity index (χ1) is 4.31. The van der Waals surface area contributed by atoms with Crippen LogP contribution in [-0.2, 0) is 0 Å². The van der Waals surface area contributed by atoms with E-state index in [9.17, 15) is 0 Å². The Kier molecular flexibility index (Phi) is 4.82. The highest BCUT2D eigenvalue weighted by atomic mass is 15.1. The minimum Gasteiger partial charge on any atom is -0.378 e. The monoisotopic (exact) mass is 127 g/mol. The number of likely N-dealkylation sites (N-methyl/N-ethyl adjacent to an activating group) is 1. The van der Waals surface area contributed by atoms with Crippen molar-refractivity contribution in [2.24, 2.45) is 10.7 Å². The quantitative estimate of drug-likeness (QED) is 0.542. The highest BCUT2D eigenvalue weighted by Gasteiger charge is 1.83. The van der Waals surface area contributed by atoms with Crippen molar-refractivity contribution in [3.8, 4) is 0 Å². The van der Waals surface area contributed by atoms with Gasteiger partial charge in [-0.3, -0.25) is 4.99 Å².